The zero-order valence-electron chi connectivity index (χ0n) is 24.0. The Bertz CT molecular complexity index is 1470. The highest BCUT2D eigenvalue weighted by molar-refractivity contribution is 7.14. The van der Waals surface area contributed by atoms with E-state index in [1.807, 2.05) is 29.5 Å². The Hall–Kier alpha value is -3.77. The van der Waals surface area contributed by atoms with Crippen LogP contribution in [-0.2, 0) is 14.3 Å². The first-order valence-corrected chi connectivity index (χ1v) is 15.5. The van der Waals surface area contributed by atoms with Gasteiger partial charge in [0.05, 0.1) is 18.7 Å². The summed E-state index contributed by atoms with van der Waals surface area (Å²) in [5.41, 5.74) is 2.92. The van der Waals surface area contributed by atoms with Crippen molar-refractivity contribution in [2.45, 2.75) is 44.6 Å². The molecule has 6 rings (SSSR count). The van der Waals surface area contributed by atoms with Gasteiger partial charge in [-0.1, -0.05) is 0 Å². The van der Waals surface area contributed by atoms with Gasteiger partial charge in [-0.25, -0.2) is 14.4 Å². The van der Waals surface area contributed by atoms with Crippen LogP contribution in [0, 0.1) is 11.8 Å². The largest absolute Gasteiger partial charge is 0.488 e. The number of amides is 1. The number of anilines is 2. The summed E-state index contributed by atoms with van der Waals surface area (Å²) < 4.78 is 29.7. The maximum atomic E-state index is 14.0. The SMILES string of the molecule is CN1CCOc2cc(-c3ccc(OCF)cc3-c3csc(N(C(=O)C(CC(=O)O)CC4CCOCC4)C4CC4)n3)cnc21. The molecular formula is C31H35FN4O6S. The van der Waals surface area contributed by atoms with Crippen LogP contribution in [0.4, 0.5) is 15.3 Å². The number of aromatic nitrogens is 2. The Morgan fingerprint density at radius 3 is 2.74 bits per heavy atom. The summed E-state index contributed by atoms with van der Waals surface area (Å²) in [7, 11) is 1.97. The summed E-state index contributed by atoms with van der Waals surface area (Å²) in [6, 6.07) is 7.21. The Morgan fingerprint density at radius 2 is 2.00 bits per heavy atom. The number of aliphatic carboxylic acids is 1. The van der Waals surface area contributed by atoms with Gasteiger partial charge in [-0.05, 0) is 67.9 Å². The highest BCUT2D eigenvalue weighted by Crippen LogP contribution is 2.42. The number of hydrogen-bond donors (Lipinski definition) is 1. The van der Waals surface area contributed by atoms with Crippen LogP contribution < -0.4 is 19.3 Å². The summed E-state index contributed by atoms with van der Waals surface area (Å²) in [5.74, 6) is 0.247. The van der Waals surface area contributed by atoms with Gasteiger partial charge in [0.2, 0.25) is 12.8 Å². The number of halogens is 1. The number of benzene rings is 1. The zero-order chi connectivity index (χ0) is 29.9. The predicted octanol–water partition coefficient (Wildman–Crippen LogP) is 5.41. The van der Waals surface area contributed by atoms with E-state index < -0.39 is 18.7 Å². The van der Waals surface area contributed by atoms with Gasteiger partial charge in [0.1, 0.15) is 12.4 Å². The van der Waals surface area contributed by atoms with Crippen molar-refractivity contribution < 1.29 is 33.3 Å². The fraction of sp³-hybridized carbons (Fsp3) is 0.484. The molecule has 1 aromatic carbocycles. The number of pyridine rings is 1. The molecule has 1 unspecified atom stereocenters. The predicted molar refractivity (Wildman–Crippen MR) is 161 cm³/mol. The summed E-state index contributed by atoms with van der Waals surface area (Å²) in [6.45, 7) is 1.61. The lowest BCUT2D eigenvalue weighted by Gasteiger charge is -2.29. The van der Waals surface area contributed by atoms with Gasteiger partial charge in [0, 0.05) is 54.9 Å². The molecule has 1 atom stereocenters. The monoisotopic (exact) mass is 610 g/mol. The standard InChI is InChI=1S/C31H35FN4O6S/c1-35-8-11-41-27-13-21(16-33-29(27)35)24-5-4-23(42-18-32)15-25(24)26-17-43-31(34-26)36(22-2-3-22)30(39)20(14-28(37)38)12-19-6-9-40-10-7-19/h4-5,13,15-17,19-20,22H,2-3,6-12,14,18H2,1H3,(H,37,38). The molecule has 1 amide bonds. The molecule has 12 heteroatoms. The number of likely N-dealkylation sites (N-methyl/N-ethyl adjacent to an activating group) is 1. The molecule has 1 N–H and O–H groups in total. The quantitative estimate of drug-likeness (QED) is 0.304. The van der Waals surface area contributed by atoms with Gasteiger partial charge in [0.25, 0.3) is 0 Å². The number of thiazole rings is 1. The number of alkyl halides is 1. The van der Waals surface area contributed by atoms with Gasteiger partial charge in [-0.15, -0.1) is 11.3 Å². The molecule has 0 spiro atoms. The van der Waals surface area contributed by atoms with Crippen LogP contribution in [-0.4, -0.2) is 73.3 Å². The van der Waals surface area contributed by atoms with Crippen LogP contribution in [0.25, 0.3) is 22.4 Å². The molecule has 3 aliphatic rings. The van der Waals surface area contributed by atoms with E-state index in [2.05, 4.69) is 4.98 Å². The lowest BCUT2D eigenvalue weighted by molar-refractivity contribution is -0.141. The van der Waals surface area contributed by atoms with Crippen molar-refractivity contribution in [2.75, 3.05) is 50.1 Å². The smallest absolute Gasteiger partial charge is 0.304 e. The van der Waals surface area contributed by atoms with Crippen LogP contribution in [0.2, 0.25) is 0 Å². The van der Waals surface area contributed by atoms with Crippen molar-refractivity contribution in [1.82, 2.24) is 9.97 Å². The highest BCUT2D eigenvalue weighted by atomic mass is 32.1. The molecule has 0 bridgehead atoms. The van der Waals surface area contributed by atoms with Gasteiger partial charge in [0.15, 0.2) is 16.7 Å². The number of carbonyl (C=O) groups excluding carboxylic acids is 1. The van der Waals surface area contributed by atoms with Crippen LogP contribution in [0.5, 0.6) is 11.5 Å². The van der Waals surface area contributed by atoms with E-state index in [1.54, 1.807) is 23.2 Å². The number of carbonyl (C=O) groups is 2. The van der Waals surface area contributed by atoms with Crippen molar-refractivity contribution in [2.24, 2.45) is 11.8 Å². The van der Waals surface area contributed by atoms with E-state index in [9.17, 15) is 19.1 Å². The van der Waals surface area contributed by atoms with Gasteiger partial charge in [-0.2, -0.15) is 0 Å². The van der Waals surface area contributed by atoms with Crippen LogP contribution in [0.1, 0.15) is 38.5 Å². The lowest BCUT2D eigenvalue weighted by atomic mass is 9.86. The molecule has 2 fully saturated rings. The van der Waals surface area contributed by atoms with Gasteiger partial charge < -0.3 is 24.2 Å². The van der Waals surface area contributed by atoms with Crippen LogP contribution >= 0.6 is 11.3 Å². The molecule has 4 heterocycles. The molecule has 10 nitrogen and oxygen atoms in total. The number of ether oxygens (including phenoxy) is 3. The summed E-state index contributed by atoms with van der Waals surface area (Å²) in [6.07, 6.45) is 5.42. The van der Waals surface area contributed by atoms with Crippen molar-refractivity contribution in [1.29, 1.82) is 0 Å². The third kappa shape index (κ3) is 6.59. The number of fused-ring (bicyclic) bond motifs is 1. The number of nitrogens with zero attached hydrogens (tertiary/aromatic N) is 4. The zero-order valence-corrected chi connectivity index (χ0v) is 24.9. The van der Waals surface area contributed by atoms with E-state index in [1.165, 1.54) is 11.3 Å². The minimum Gasteiger partial charge on any atom is -0.488 e. The minimum atomic E-state index is -0.982. The minimum absolute atomic E-state index is 0.00264. The summed E-state index contributed by atoms with van der Waals surface area (Å²) in [4.78, 5) is 39.1. The number of carboxylic acids is 1. The van der Waals surface area contributed by atoms with Crippen molar-refractivity contribution in [3.8, 4) is 33.9 Å². The van der Waals surface area contributed by atoms with Crippen LogP contribution in [0.3, 0.4) is 0 Å². The van der Waals surface area contributed by atoms with Gasteiger partial charge in [-0.3, -0.25) is 14.5 Å². The average molecular weight is 611 g/mol. The fourth-order valence-corrected chi connectivity index (χ4v) is 6.74. The molecule has 0 radical (unpaired) electrons. The Morgan fingerprint density at radius 1 is 1.19 bits per heavy atom. The fourth-order valence-electron chi connectivity index (χ4n) is 5.84. The number of rotatable bonds is 11. The molecule has 1 aliphatic carbocycles. The highest BCUT2D eigenvalue weighted by Gasteiger charge is 2.40. The van der Waals surface area contributed by atoms with E-state index in [0.29, 0.717) is 54.1 Å². The Kier molecular flexibility index (Phi) is 8.75. The molecule has 2 aromatic heterocycles. The second-order valence-corrected chi connectivity index (χ2v) is 12.2. The first kappa shape index (κ1) is 29.3. The molecule has 1 saturated heterocycles. The van der Waals surface area contributed by atoms with Crippen molar-refractivity contribution in [3.05, 3.63) is 35.8 Å². The maximum Gasteiger partial charge on any atom is 0.304 e. The van der Waals surface area contributed by atoms with E-state index in [4.69, 9.17) is 19.2 Å². The van der Waals surface area contributed by atoms with Crippen molar-refractivity contribution in [3.63, 3.8) is 0 Å². The second-order valence-electron chi connectivity index (χ2n) is 11.3. The Labute approximate surface area is 253 Å². The molecule has 228 valence electrons. The molecule has 1 saturated carbocycles. The topological polar surface area (TPSA) is 114 Å². The van der Waals surface area contributed by atoms with E-state index in [-0.39, 0.29) is 24.3 Å². The molecule has 3 aromatic rings. The van der Waals surface area contributed by atoms with Crippen LogP contribution in [0.15, 0.2) is 35.8 Å². The first-order chi connectivity index (χ1) is 20.9. The third-order valence-electron chi connectivity index (χ3n) is 8.25. The normalized spacial score (nSPS) is 17.6. The second kappa shape index (κ2) is 12.8. The van der Waals surface area contributed by atoms with Crippen molar-refractivity contribution >= 4 is 34.2 Å². The lowest BCUT2D eigenvalue weighted by Crippen LogP contribution is -2.40. The number of carboxylic acid groups (broad SMARTS) is 1. The number of hydrogen-bond acceptors (Lipinski definition) is 9. The molecule has 43 heavy (non-hydrogen) atoms. The average Bonchev–Trinajstić information content (AvgIpc) is 3.72. The molecular weight excluding hydrogens is 575 g/mol. The van der Waals surface area contributed by atoms with E-state index >= 15 is 0 Å². The summed E-state index contributed by atoms with van der Waals surface area (Å²) >= 11 is 1.34. The molecule has 2 aliphatic heterocycles. The first-order valence-electron chi connectivity index (χ1n) is 14.7. The maximum absolute atomic E-state index is 14.0. The van der Waals surface area contributed by atoms with E-state index in [0.717, 1.165) is 49.2 Å². The van der Waals surface area contributed by atoms with Gasteiger partial charge >= 0.3 is 5.97 Å². The summed E-state index contributed by atoms with van der Waals surface area (Å²) in [5, 5.41) is 12.1. The third-order valence-corrected chi connectivity index (χ3v) is 9.09. The Balaban J connectivity index is 1.33.